The van der Waals surface area contributed by atoms with E-state index < -0.39 is 139 Å². The van der Waals surface area contributed by atoms with Gasteiger partial charge >= 0.3 is 15.6 Å². The number of carbonyl (C=O) groups excluding carboxylic acids is 2. The van der Waals surface area contributed by atoms with Crippen LogP contribution in [0.2, 0.25) is 0 Å². The van der Waals surface area contributed by atoms with Gasteiger partial charge in [-0.05, 0) is 58.8 Å². The summed E-state index contributed by atoms with van der Waals surface area (Å²) >= 11 is 0. The summed E-state index contributed by atoms with van der Waals surface area (Å²) in [5.41, 5.74) is 2.48. The Bertz CT molecular complexity index is 1620. The van der Waals surface area contributed by atoms with Gasteiger partial charge in [-0.3, -0.25) is 18.6 Å². The maximum Gasteiger partial charge on any atom is 0.483 e. The van der Waals surface area contributed by atoms with E-state index in [4.69, 9.17) is 32.7 Å². The van der Waals surface area contributed by atoms with Crippen LogP contribution in [0.5, 0.6) is 0 Å². The van der Waals surface area contributed by atoms with Crippen molar-refractivity contribution in [3.05, 3.63) is 23.3 Å². The number of hydrogen-bond donors (Lipinski definition) is 12. The fourth-order valence-electron chi connectivity index (χ4n) is 7.07. The van der Waals surface area contributed by atoms with Crippen LogP contribution in [0.1, 0.15) is 73.6 Å². The highest BCUT2D eigenvalue weighted by molar-refractivity contribution is 7.61. The summed E-state index contributed by atoms with van der Waals surface area (Å²) in [6.07, 6.45) is -15.7. The summed E-state index contributed by atoms with van der Waals surface area (Å²) in [6, 6.07) is -3.51. The first kappa shape index (κ1) is 55.5. The number of aliphatic hydroxyl groups is 8. The van der Waals surface area contributed by atoms with E-state index in [0.717, 1.165) is 39.5 Å². The van der Waals surface area contributed by atoms with Gasteiger partial charge in [0.15, 0.2) is 18.9 Å². The molecule has 3 aliphatic rings. The van der Waals surface area contributed by atoms with Gasteiger partial charge in [0.2, 0.25) is 11.8 Å². The van der Waals surface area contributed by atoms with Gasteiger partial charge in [0.05, 0.1) is 26.4 Å². The first-order valence-corrected chi connectivity index (χ1v) is 23.5. The summed E-state index contributed by atoms with van der Waals surface area (Å²) < 4.78 is 68.6. The van der Waals surface area contributed by atoms with Crippen molar-refractivity contribution in [2.75, 3.05) is 26.4 Å². The van der Waals surface area contributed by atoms with Crippen LogP contribution in [-0.4, -0.2) is 181 Å². The lowest BCUT2D eigenvalue weighted by Gasteiger charge is -2.49. The molecule has 0 spiro atoms. The Morgan fingerprint density at radius 1 is 0.651 bits per heavy atom. The van der Waals surface area contributed by atoms with Crippen molar-refractivity contribution in [3.8, 4) is 0 Å². The molecule has 0 saturated carbocycles. The van der Waals surface area contributed by atoms with E-state index in [2.05, 4.69) is 27.1 Å². The van der Waals surface area contributed by atoms with Gasteiger partial charge in [-0.2, -0.15) is 4.31 Å². The summed E-state index contributed by atoms with van der Waals surface area (Å²) in [5.74, 6) is -1.61. The SMILES string of the molecule is CC(=O)N[C@H]1[C@H](O[C@H]2[C@H](O)[C@@H](NC(C)=O)[C@H](OP(=O)(O)OP(=O)(O)OCCC(C)CC/C=C(\C)CCC=C(C)C)O[C@@H]2CO)O[C@H](CO)[C@@H](O[C@H]2O[C@H](CO)[C@@H](O)[C@H](O)[C@@H]2O)[C@@H]1O. The number of phosphoric ester groups is 2. The molecule has 3 saturated heterocycles. The van der Waals surface area contributed by atoms with Crippen molar-refractivity contribution in [3.63, 3.8) is 0 Å². The minimum Gasteiger partial charge on any atom is -0.394 e. The first-order chi connectivity index (χ1) is 29.4. The van der Waals surface area contributed by atoms with E-state index in [1.165, 1.54) is 11.1 Å². The van der Waals surface area contributed by atoms with E-state index in [9.17, 15) is 69.4 Å². The average Bonchev–Trinajstić information content (AvgIpc) is 3.18. The number of hydrogen-bond acceptors (Lipinski definition) is 20. The lowest BCUT2D eigenvalue weighted by molar-refractivity contribution is -0.360. The molecule has 3 rings (SSSR count). The van der Waals surface area contributed by atoms with Crippen molar-refractivity contribution in [1.82, 2.24) is 10.6 Å². The number of aliphatic hydroxyl groups excluding tert-OH is 8. The van der Waals surface area contributed by atoms with E-state index in [-0.39, 0.29) is 18.9 Å². The molecule has 3 fully saturated rings. The predicted molar refractivity (Wildman–Crippen MR) is 215 cm³/mol. The van der Waals surface area contributed by atoms with Gasteiger partial charge in [-0.1, -0.05) is 30.2 Å². The number of amides is 2. The third-order valence-corrected chi connectivity index (χ3v) is 13.1. The zero-order valence-electron chi connectivity index (χ0n) is 36.0. The number of allylic oxidation sites excluding steroid dienone is 4. The van der Waals surface area contributed by atoms with Gasteiger partial charge in [0, 0.05) is 13.8 Å². The Hall–Kier alpha value is -1.84. The second-order valence-corrected chi connectivity index (χ2v) is 19.1. The minimum atomic E-state index is -5.65. The minimum absolute atomic E-state index is 0.0294. The van der Waals surface area contributed by atoms with Crippen molar-refractivity contribution in [2.45, 2.75) is 166 Å². The molecular weight excluding hydrogens is 886 g/mol. The Morgan fingerprint density at radius 2 is 1.16 bits per heavy atom. The third-order valence-electron chi connectivity index (χ3n) is 10.4. The second kappa shape index (κ2) is 25.3. The molecule has 3 unspecified atom stereocenters. The lowest BCUT2D eigenvalue weighted by atomic mass is 9.94. The molecule has 26 heteroatoms. The molecule has 0 aromatic rings. The van der Waals surface area contributed by atoms with Crippen LogP contribution in [0, 0.1) is 5.92 Å². The zero-order chi connectivity index (χ0) is 47.4. The molecule has 63 heavy (non-hydrogen) atoms. The molecule has 366 valence electrons. The molecule has 0 aliphatic carbocycles. The van der Waals surface area contributed by atoms with Crippen LogP contribution in [0.15, 0.2) is 23.3 Å². The Balaban J connectivity index is 1.71. The predicted octanol–water partition coefficient (Wildman–Crippen LogP) is -1.53. The largest absolute Gasteiger partial charge is 0.483 e. The van der Waals surface area contributed by atoms with Crippen LogP contribution >= 0.6 is 15.6 Å². The van der Waals surface area contributed by atoms with E-state index in [1.54, 1.807) is 0 Å². The monoisotopic (exact) mass is 952 g/mol. The Kier molecular flexibility index (Phi) is 22.3. The molecule has 0 aromatic heterocycles. The molecular formula is C37H66N2O22P2. The fourth-order valence-corrected chi connectivity index (χ4v) is 9.23. The van der Waals surface area contributed by atoms with Crippen molar-refractivity contribution >= 4 is 27.5 Å². The average molecular weight is 953 g/mol. The van der Waals surface area contributed by atoms with Crippen LogP contribution in [-0.2, 0) is 55.8 Å². The van der Waals surface area contributed by atoms with Gasteiger partial charge < -0.3 is 85.0 Å². The standard InChI is InChI=1S/C37H66N2O22P2/c1-18(2)9-7-10-19(3)11-8-12-20(4)13-14-54-62(50,51)61-63(52,53)60-36-27(39-22(6)44)30(47)33(25(17-42)57-36)58-35-26(38-21(5)43)29(46)34(24(16-41)56-35)59-37-32(49)31(48)28(45)23(15-40)55-37/h9,11,20,23-37,40-42,45-49H,7-8,10,12-17H2,1-6H3,(H,38,43)(H,39,44)(H,50,51)(H,52,53)/b19-11+/t20?,23-,24-,25-,26-,27-,28-,29-,30-,31+,32+,33-,34-,35+,36+,37-/m1/s1. The summed E-state index contributed by atoms with van der Waals surface area (Å²) in [5, 5.41) is 88.6. The number of ether oxygens (including phenoxy) is 5. The third kappa shape index (κ3) is 16.8. The van der Waals surface area contributed by atoms with Gasteiger partial charge in [0.1, 0.15) is 73.1 Å². The highest BCUT2D eigenvalue weighted by Gasteiger charge is 2.55. The molecule has 2 amide bonds. The Morgan fingerprint density at radius 3 is 1.68 bits per heavy atom. The van der Waals surface area contributed by atoms with Crippen LogP contribution < -0.4 is 10.6 Å². The number of carbonyl (C=O) groups is 2. The topological polar surface area (TPSA) is 368 Å². The second-order valence-electron chi connectivity index (χ2n) is 16.1. The summed E-state index contributed by atoms with van der Waals surface area (Å²) in [4.78, 5) is 45.4. The molecule has 12 N–H and O–H groups in total. The normalized spacial score (nSPS) is 36.4. The van der Waals surface area contributed by atoms with Gasteiger partial charge in [-0.15, -0.1) is 0 Å². The lowest BCUT2D eigenvalue weighted by Crippen LogP contribution is -2.70. The van der Waals surface area contributed by atoms with Crippen molar-refractivity contribution in [1.29, 1.82) is 0 Å². The summed E-state index contributed by atoms with van der Waals surface area (Å²) in [7, 11) is -10.9. The van der Waals surface area contributed by atoms with Gasteiger partial charge in [-0.25, -0.2) is 9.13 Å². The summed E-state index contributed by atoms with van der Waals surface area (Å²) in [6.45, 7) is 6.89. The Labute approximate surface area is 365 Å². The van der Waals surface area contributed by atoms with E-state index in [1.807, 2.05) is 27.7 Å². The number of rotatable bonds is 23. The fraction of sp³-hybridized carbons (Fsp3) is 0.838. The van der Waals surface area contributed by atoms with Crippen molar-refractivity contribution < 1.29 is 106 Å². The van der Waals surface area contributed by atoms with E-state index in [0.29, 0.717) is 0 Å². The highest BCUT2D eigenvalue weighted by atomic mass is 31.3. The van der Waals surface area contributed by atoms with Crippen LogP contribution in [0.25, 0.3) is 0 Å². The zero-order valence-corrected chi connectivity index (χ0v) is 37.8. The van der Waals surface area contributed by atoms with E-state index >= 15 is 0 Å². The molecule has 18 atom stereocenters. The van der Waals surface area contributed by atoms with Gasteiger partial charge in [0.25, 0.3) is 0 Å². The molecule has 24 nitrogen and oxygen atoms in total. The molecule has 3 heterocycles. The molecule has 3 aliphatic heterocycles. The number of nitrogens with one attached hydrogen (secondary N) is 2. The molecule has 0 radical (unpaired) electrons. The first-order valence-electron chi connectivity index (χ1n) is 20.5. The smallest absolute Gasteiger partial charge is 0.394 e. The maximum absolute atomic E-state index is 13.1. The van der Waals surface area contributed by atoms with Crippen molar-refractivity contribution in [2.24, 2.45) is 5.92 Å². The molecule has 0 aromatic carbocycles. The maximum atomic E-state index is 13.1. The van der Waals surface area contributed by atoms with Crippen LogP contribution in [0.4, 0.5) is 0 Å². The van der Waals surface area contributed by atoms with Crippen LogP contribution in [0.3, 0.4) is 0 Å². The highest BCUT2D eigenvalue weighted by Crippen LogP contribution is 2.61. The quantitative estimate of drug-likeness (QED) is 0.0408. The molecule has 0 bridgehead atoms. The number of phosphoric acid groups is 2.